The normalized spacial score (nSPS) is 22.6. The molecule has 20 heavy (non-hydrogen) atoms. The van der Waals surface area contributed by atoms with E-state index in [-0.39, 0.29) is 6.04 Å². The van der Waals surface area contributed by atoms with Crippen LogP contribution in [0.2, 0.25) is 0 Å². The quantitative estimate of drug-likeness (QED) is 0.858. The number of nitrogens with one attached hydrogen (secondary N) is 1. The Morgan fingerprint density at radius 1 is 1.30 bits per heavy atom. The Bertz CT molecular complexity index is 578. The van der Waals surface area contributed by atoms with E-state index in [0.717, 1.165) is 27.6 Å². The van der Waals surface area contributed by atoms with Crippen molar-refractivity contribution in [3.05, 3.63) is 52.4 Å². The van der Waals surface area contributed by atoms with Crippen LogP contribution in [-0.2, 0) is 0 Å². The van der Waals surface area contributed by atoms with Crippen LogP contribution < -0.4 is 11.1 Å². The summed E-state index contributed by atoms with van der Waals surface area (Å²) in [5.74, 6) is 3.38. The van der Waals surface area contributed by atoms with Gasteiger partial charge in [-0.25, -0.2) is 0 Å². The Morgan fingerprint density at radius 2 is 2.00 bits per heavy atom. The van der Waals surface area contributed by atoms with Gasteiger partial charge in [0.15, 0.2) is 0 Å². The fraction of sp³-hybridized carbons (Fsp3) is 0.375. The number of hydrogen-bond donors (Lipinski definition) is 2. The van der Waals surface area contributed by atoms with E-state index in [1.54, 1.807) is 0 Å². The molecule has 3 unspecified atom stereocenters. The fourth-order valence-corrected chi connectivity index (χ4v) is 2.73. The minimum absolute atomic E-state index is 0.0129. The molecule has 3 atom stereocenters. The number of halogens is 1. The molecule has 106 valence electrons. The second kappa shape index (κ2) is 5.62. The molecule has 1 aromatic heterocycles. The third kappa shape index (κ3) is 2.91. The van der Waals surface area contributed by atoms with Crippen molar-refractivity contribution in [2.45, 2.75) is 25.3 Å². The van der Waals surface area contributed by atoms with Gasteiger partial charge in [0.2, 0.25) is 0 Å². The second-order valence-corrected chi connectivity index (χ2v) is 6.41. The van der Waals surface area contributed by atoms with Gasteiger partial charge in [-0.3, -0.25) is 0 Å². The average molecular weight is 335 g/mol. The van der Waals surface area contributed by atoms with Crippen molar-refractivity contribution in [3.63, 3.8) is 0 Å². The zero-order valence-corrected chi connectivity index (χ0v) is 13.1. The van der Waals surface area contributed by atoms with E-state index >= 15 is 0 Å². The summed E-state index contributed by atoms with van der Waals surface area (Å²) in [6.07, 6.45) is 1.24. The van der Waals surface area contributed by atoms with Gasteiger partial charge in [0.1, 0.15) is 11.5 Å². The fourth-order valence-electron chi connectivity index (χ4n) is 2.47. The topological polar surface area (TPSA) is 51.2 Å². The summed E-state index contributed by atoms with van der Waals surface area (Å²) in [5, 5.41) is 3.42. The predicted octanol–water partition coefficient (Wildman–Crippen LogP) is 4.28. The largest absolute Gasteiger partial charge is 0.464 e. The molecule has 3 N–H and O–H groups in total. The lowest BCUT2D eigenvalue weighted by atomic mass is 10.2. The van der Waals surface area contributed by atoms with Crippen molar-refractivity contribution in [2.75, 3.05) is 11.9 Å². The molecule has 3 nitrogen and oxygen atoms in total. The molecule has 0 bridgehead atoms. The Hall–Kier alpha value is -1.26. The number of furan rings is 1. The van der Waals surface area contributed by atoms with Gasteiger partial charge in [-0.05, 0) is 48.7 Å². The summed E-state index contributed by atoms with van der Waals surface area (Å²) in [5.41, 5.74) is 6.92. The van der Waals surface area contributed by atoms with Crippen molar-refractivity contribution < 1.29 is 4.42 Å². The van der Waals surface area contributed by atoms with Gasteiger partial charge < -0.3 is 15.5 Å². The molecule has 0 radical (unpaired) electrons. The maximum atomic E-state index is 5.98. The first kappa shape index (κ1) is 13.7. The van der Waals surface area contributed by atoms with Crippen LogP contribution >= 0.6 is 15.9 Å². The van der Waals surface area contributed by atoms with Crippen molar-refractivity contribution in [1.29, 1.82) is 0 Å². The minimum atomic E-state index is 0.0129. The highest BCUT2D eigenvalue weighted by molar-refractivity contribution is 9.10. The molecule has 4 heteroatoms. The molecule has 1 heterocycles. The number of nitrogens with two attached hydrogens (primary N) is 1. The summed E-state index contributed by atoms with van der Waals surface area (Å²) in [6, 6.07) is 12.2. The number of anilines is 1. The molecule has 1 saturated carbocycles. The van der Waals surface area contributed by atoms with E-state index in [2.05, 4.69) is 34.2 Å². The Balaban J connectivity index is 1.72. The molecule has 1 fully saturated rings. The van der Waals surface area contributed by atoms with Crippen LogP contribution in [-0.4, -0.2) is 6.54 Å². The first-order valence-corrected chi connectivity index (χ1v) is 7.78. The lowest BCUT2D eigenvalue weighted by Gasteiger charge is -2.16. The highest BCUT2D eigenvalue weighted by Crippen LogP contribution is 2.47. The van der Waals surface area contributed by atoms with Crippen molar-refractivity contribution >= 4 is 21.6 Å². The lowest BCUT2D eigenvalue weighted by Crippen LogP contribution is -2.20. The average Bonchev–Trinajstić information content (AvgIpc) is 3.00. The highest BCUT2D eigenvalue weighted by atomic mass is 79.9. The minimum Gasteiger partial charge on any atom is -0.464 e. The SMILES string of the molecule is CC1CC1c1ccc(C(CN)Nc2ccc(Br)cc2)o1. The summed E-state index contributed by atoms with van der Waals surface area (Å²) >= 11 is 3.43. The number of benzene rings is 1. The third-order valence-corrected chi connectivity index (χ3v) is 4.42. The maximum Gasteiger partial charge on any atom is 0.127 e. The molecule has 0 amide bonds. The molecular formula is C16H19BrN2O. The van der Waals surface area contributed by atoms with Gasteiger partial charge in [-0.15, -0.1) is 0 Å². The lowest BCUT2D eigenvalue weighted by molar-refractivity contribution is 0.441. The summed E-state index contributed by atoms with van der Waals surface area (Å²) in [6.45, 7) is 2.76. The van der Waals surface area contributed by atoms with Crippen LogP contribution in [0.5, 0.6) is 0 Å². The maximum absolute atomic E-state index is 5.98. The van der Waals surface area contributed by atoms with Crippen LogP contribution in [0.15, 0.2) is 45.3 Å². The zero-order valence-electron chi connectivity index (χ0n) is 11.5. The van der Waals surface area contributed by atoms with Gasteiger partial charge in [-0.1, -0.05) is 22.9 Å². The predicted molar refractivity (Wildman–Crippen MR) is 84.8 cm³/mol. The molecule has 2 aromatic rings. The molecule has 1 aromatic carbocycles. The number of rotatable bonds is 5. The van der Waals surface area contributed by atoms with Crippen LogP contribution in [0.4, 0.5) is 5.69 Å². The summed E-state index contributed by atoms with van der Waals surface area (Å²) in [7, 11) is 0. The highest BCUT2D eigenvalue weighted by Gasteiger charge is 2.36. The van der Waals surface area contributed by atoms with Crippen LogP contribution in [0.1, 0.15) is 36.8 Å². The summed E-state index contributed by atoms with van der Waals surface area (Å²) < 4.78 is 7.04. The number of hydrogen-bond acceptors (Lipinski definition) is 3. The van der Waals surface area contributed by atoms with E-state index in [1.807, 2.05) is 30.3 Å². The van der Waals surface area contributed by atoms with Gasteiger partial charge in [-0.2, -0.15) is 0 Å². The van der Waals surface area contributed by atoms with Gasteiger partial charge in [0.25, 0.3) is 0 Å². The van der Waals surface area contributed by atoms with Gasteiger partial charge >= 0.3 is 0 Å². The van der Waals surface area contributed by atoms with Crippen LogP contribution in [0, 0.1) is 5.92 Å². The van der Waals surface area contributed by atoms with E-state index in [9.17, 15) is 0 Å². The standard InChI is InChI=1S/C16H19BrN2O/c1-10-8-13(10)15-6-7-16(20-15)14(9-18)19-12-4-2-11(17)3-5-12/h2-7,10,13-14,19H,8-9,18H2,1H3. The smallest absolute Gasteiger partial charge is 0.127 e. The van der Waals surface area contributed by atoms with Crippen molar-refractivity contribution in [3.8, 4) is 0 Å². The van der Waals surface area contributed by atoms with Crippen molar-refractivity contribution in [2.24, 2.45) is 11.7 Å². The monoisotopic (exact) mass is 334 g/mol. The Kier molecular flexibility index (Phi) is 3.85. The van der Waals surface area contributed by atoms with Crippen LogP contribution in [0.25, 0.3) is 0 Å². The molecule has 3 rings (SSSR count). The van der Waals surface area contributed by atoms with E-state index in [0.29, 0.717) is 12.5 Å². The molecule has 1 aliphatic carbocycles. The molecule has 0 spiro atoms. The molecule has 0 saturated heterocycles. The van der Waals surface area contributed by atoms with E-state index < -0.39 is 0 Å². The Morgan fingerprint density at radius 3 is 2.60 bits per heavy atom. The van der Waals surface area contributed by atoms with Crippen molar-refractivity contribution in [1.82, 2.24) is 0 Å². The Labute approximate surface area is 127 Å². The van der Waals surface area contributed by atoms with Crippen LogP contribution in [0.3, 0.4) is 0 Å². The second-order valence-electron chi connectivity index (χ2n) is 5.50. The van der Waals surface area contributed by atoms with Gasteiger partial charge in [0.05, 0.1) is 6.04 Å². The van der Waals surface area contributed by atoms with Gasteiger partial charge in [0, 0.05) is 22.6 Å². The molecule has 0 aliphatic heterocycles. The van der Waals surface area contributed by atoms with E-state index in [4.69, 9.17) is 10.2 Å². The van der Waals surface area contributed by atoms with E-state index in [1.165, 1.54) is 6.42 Å². The molecule has 1 aliphatic rings. The molecular weight excluding hydrogens is 316 g/mol. The zero-order chi connectivity index (χ0) is 14.1. The third-order valence-electron chi connectivity index (χ3n) is 3.89. The summed E-state index contributed by atoms with van der Waals surface area (Å²) in [4.78, 5) is 0. The first-order valence-electron chi connectivity index (χ1n) is 6.99. The first-order chi connectivity index (χ1) is 9.67.